The van der Waals surface area contributed by atoms with Crippen molar-refractivity contribution >= 4 is 5.78 Å². The smallest absolute Gasteiger partial charge is 0.162 e. The van der Waals surface area contributed by atoms with Gasteiger partial charge in [0, 0.05) is 12.0 Å². The molecule has 0 aromatic heterocycles. The molecular formula is C17H22O. The number of Topliss-reactive ketones (excluding diaryl/α,β-unsaturated/α-hetero) is 1. The molecule has 2 aliphatic carbocycles. The van der Waals surface area contributed by atoms with Gasteiger partial charge in [0.15, 0.2) is 5.78 Å². The fourth-order valence-electron chi connectivity index (χ4n) is 3.69. The standard InChI is InChI=1S/C17H22O/c1-2-3-7-16(18)12-8-10-13(11-9-12)17-14-5-4-6-15(14)17/h8-11,14-15,17H,2-7H2,1H3/t14-,15+,17?. The van der Waals surface area contributed by atoms with Crippen LogP contribution in [0.15, 0.2) is 24.3 Å². The van der Waals surface area contributed by atoms with E-state index in [1.165, 1.54) is 24.8 Å². The van der Waals surface area contributed by atoms with Crippen molar-refractivity contribution in [1.29, 1.82) is 0 Å². The molecule has 18 heavy (non-hydrogen) atoms. The van der Waals surface area contributed by atoms with Crippen LogP contribution in [0.2, 0.25) is 0 Å². The van der Waals surface area contributed by atoms with Crippen LogP contribution in [0.1, 0.15) is 67.3 Å². The molecular weight excluding hydrogens is 220 g/mol. The van der Waals surface area contributed by atoms with Gasteiger partial charge in [-0.05, 0) is 42.6 Å². The molecule has 0 spiro atoms. The summed E-state index contributed by atoms with van der Waals surface area (Å²) in [5, 5.41) is 0. The van der Waals surface area contributed by atoms with Crippen molar-refractivity contribution in [1.82, 2.24) is 0 Å². The maximum atomic E-state index is 11.9. The molecule has 1 aromatic carbocycles. The monoisotopic (exact) mass is 242 g/mol. The first-order chi connectivity index (χ1) is 8.81. The lowest BCUT2D eigenvalue weighted by atomic mass is 9.99. The van der Waals surface area contributed by atoms with E-state index in [0.717, 1.165) is 36.2 Å². The van der Waals surface area contributed by atoms with Gasteiger partial charge in [-0.2, -0.15) is 0 Å². The number of unbranched alkanes of at least 4 members (excludes halogenated alkanes) is 1. The van der Waals surface area contributed by atoms with Crippen molar-refractivity contribution in [3.05, 3.63) is 35.4 Å². The Labute approximate surface area is 110 Å². The van der Waals surface area contributed by atoms with Crippen molar-refractivity contribution in [2.45, 2.75) is 51.4 Å². The molecule has 96 valence electrons. The van der Waals surface area contributed by atoms with E-state index in [2.05, 4.69) is 19.1 Å². The van der Waals surface area contributed by atoms with Gasteiger partial charge in [-0.15, -0.1) is 0 Å². The Morgan fingerprint density at radius 3 is 2.44 bits per heavy atom. The Morgan fingerprint density at radius 2 is 1.83 bits per heavy atom. The third-order valence-corrected chi connectivity index (χ3v) is 4.78. The first-order valence-corrected chi connectivity index (χ1v) is 7.44. The molecule has 1 heteroatoms. The van der Waals surface area contributed by atoms with Gasteiger partial charge in [0.25, 0.3) is 0 Å². The molecule has 3 atom stereocenters. The normalized spacial score (nSPS) is 29.1. The summed E-state index contributed by atoms with van der Waals surface area (Å²) < 4.78 is 0. The second-order valence-corrected chi connectivity index (χ2v) is 5.93. The van der Waals surface area contributed by atoms with Gasteiger partial charge in [-0.3, -0.25) is 4.79 Å². The summed E-state index contributed by atoms with van der Waals surface area (Å²) in [4.78, 5) is 11.9. The molecule has 3 rings (SSSR count). The molecule has 1 aromatic rings. The van der Waals surface area contributed by atoms with Crippen LogP contribution in [0.25, 0.3) is 0 Å². The van der Waals surface area contributed by atoms with Gasteiger partial charge >= 0.3 is 0 Å². The highest BCUT2D eigenvalue weighted by Crippen LogP contribution is 2.62. The number of benzene rings is 1. The van der Waals surface area contributed by atoms with E-state index in [4.69, 9.17) is 0 Å². The maximum Gasteiger partial charge on any atom is 0.162 e. The third kappa shape index (κ3) is 2.11. The SMILES string of the molecule is CCCCC(=O)c1ccc(C2[C@H]3CCC[C@@H]23)cc1. The number of carbonyl (C=O) groups excluding carboxylic acids is 1. The number of hydrogen-bond acceptors (Lipinski definition) is 1. The zero-order valence-corrected chi connectivity index (χ0v) is 11.2. The Bertz CT molecular complexity index is 421. The van der Waals surface area contributed by atoms with E-state index in [0.29, 0.717) is 12.2 Å². The highest BCUT2D eigenvalue weighted by molar-refractivity contribution is 5.96. The highest BCUT2D eigenvalue weighted by atomic mass is 16.1. The minimum Gasteiger partial charge on any atom is -0.294 e. The van der Waals surface area contributed by atoms with Gasteiger partial charge < -0.3 is 0 Å². The van der Waals surface area contributed by atoms with Crippen LogP contribution in [0, 0.1) is 11.8 Å². The molecule has 0 aliphatic heterocycles. The molecule has 2 saturated carbocycles. The first kappa shape index (κ1) is 12.0. The summed E-state index contributed by atoms with van der Waals surface area (Å²) in [5.74, 6) is 3.05. The van der Waals surface area contributed by atoms with Gasteiger partial charge in [0.1, 0.15) is 0 Å². The van der Waals surface area contributed by atoms with Gasteiger partial charge in [-0.25, -0.2) is 0 Å². The predicted octanol–water partition coefficient (Wildman–Crippen LogP) is 4.57. The molecule has 1 nitrogen and oxygen atoms in total. The molecule has 0 saturated heterocycles. The van der Waals surface area contributed by atoms with E-state index >= 15 is 0 Å². The summed E-state index contributed by atoms with van der Waals surface area (Å²) in [7, 11) is 0. The van der Waals surface area contributed by atoms with Gasteiger partial charge in [0.05, 0.1) is 0 Å². The van der Waals surface area contributed by atoms with E-state index in [9.17, 15) is 4.79 Å². The van der Waals surface area contributed by atoms with Crippen LogP contribution in [-0.2, 0) is 0 Å². The second kappa shape index (κ2) is 4.87. The molecule has 2 fully saturated rings. The Morgan fingerprint density at radius 1 is 1.17 bits per heavy atom. The van der Waals surface area contributed by atoms with E-state index in [1.807, 2.05) is 12.1 Å². The molecule has 0 bridgehead atoms. The largest absolute Gasteiger partial charge is 0.294 e. The predicted molar refractivity (Wildman–Crippen MR) is 73.9 cm³/mol. The lowest BCUT2D eigenvalue weighted by Crippen LogP contribution is -1.99. The summed E-state index contributed by atoms with van der Waals surface area (Å²) in [6.07, 6.45) is 7.07. The van der Waals surface area contributed by atoms with Crippen LogP contribution < -0.4 is 0 Å². The van der Waals surface area contributed by atoms with E-state index in [-0.39, 0.29) is 0 Å². The molecule has 0 N–H and O–H groups in total. The topological polar surface area (TPSA) is 17.1 Å². The minimum absolute atomic E-state index is 0.305. The average molecular weight is 242 g/mol. The zero-order valence-electron chi connectivity index (χ0n) is 11.2. The first-order valence-electron chi connectivity index (χ1n) is 7.44. The fraction of sp³-hybridized carbons (Fsp3) is 0.588. The summed E-state index contributed by atoms with van der Waals surface area (Å²) in [6.45, 7) is 2.13. The van der Waals surface area contributed by atoms with Crippen LogP contribution >= 0.6 is 0 Å². The van der Waals surface area contributed by atoms with Crippen molar-refractivity contribution in [3.63, 3.8) is 0 Å². The fourth-order valence-corrected chi connectivity index (χ4v) is 3.69. The zero-order chi connectivity index (χ0) is 12.5. The number of rotatable bonds is 5. The molecule has 0 radical (unpaired) electrons. The van der Waals surface area contributed by atoms with Crippen LogP contribution in [0.5, 0.6) is 0 Å². The van der Waals surface area contributed by atoms with Gasteiger partial charge in [0.2, 0.25) is 0 Å². The molecule has 0 amide bonds. The van der Waals surface area contributed by atoms with Crippen molar-refractivity contribution in [2.75, 3.05) is 0 Å². The summed E-state index contributed by atoms with van der Waals surface area (Å²) in [5.41, 5.74) is 2.37. The van der Waals surface area contributed by atoms with Crippen molar-refractivity contribution in [3.8, 4) is 0 Å². The van der Waals surface area contributed by atoms with E-state index in [1.54, 1.807) is 0 Å². The maximum absolute atomic E-state index is 11.9. The number of fused-ring (bicyclic) bond motifs is 1. The Hall–Kier alpha value is -1.11. The second-order valence-electron chi connectivity index (χ2n) is 5.93. The van der Waals surface area contributed by atoms with Gasteiger partial charge in [-0.1, -0.05) is 44.0 Å². The highest BCUT2D eigenvalue weighted by Gasteiger charge is 2.52. The average Bonchev–Trinajstić information content (AvgIpc) is 2.88. The number of carbonyl (C=O) groups is 1. The lowest BCUT2D eigenvalue weighted by molar-refractivity contribution is 0.0980. The third-order valence-electron chi connectivity index (χ3n) is 4.78. The van der Waals surface area contributed by atoms with Crippen LogP contribution in [-0.4, -0.2) is 5.78 Å². The van der Waals surface area contributed by atoms with E-state index < -0.39 is 0 Å². The lowest BCUT2D eigenvalue weighted by Gasteiger charge is -2.05. The summed E-state index contributed by atoms with van der Waals surface area (Å²) in [6, 6.07) is 8.48. The Kier molecular flexibility index (Phi) is 3.23. The quantitative estimate of drug-likeness (QED) is 0.691. The Balaban J connectivity index is 1.64. The van der Waals surface area contributed by atoms with Crippen LogP contribution in [0.4, 0.5) is 0 Å². The van der Waals surface area contributed by atoms with Crippen molar-refractivity contribution in [2.24, 2.45) is 11.8 Å². The number of ketones is 1. The molecule has 0 heterocycles. The molecule has 2 aliphatic rings. The van der Waals surface area contributed by atoms with Crippen molar-refractivity contribution < 1.29 is 4.79 Å². The molecule has 1 unspecified atom stereocenters. The van der Waals surface area contributed by atoms with Crippen LogP contribution in [0.3, 0.4) is 0 Å². The number of hydrogen-bond donors (Lipinski definition) is 0. The summed E-state index contributed by atoms with van der Waals surface area (Å²) >= 11 is 0. The minimum atomic E-state index is 0.305.